The summed E-state index contributed by atoms with van der Waals surface area (Å²) in [6, 6.07) is 22.9. The zero-order valence-electron chi connectivity index (χ0n) is 14.9. The average Bonchev–Trinajstić information content (AvgIpc) is 2.70. The minimum atomic E-state index is -0.777. The number of hydrogen-bond donors (Lipinski definition) is 1. The summed E-state index contributed by atoms with van der Waals surface area (Å²) >= 11 is 0. The summed E-state index contributed by atoms with van der Waals surface area (Å²) in [6.45, 7) is 2.08. The lowest BCUT2D eigenvalue weighted by Gasteiger charge is -2.15. The molecule has 138 valence electrons. The van der Waals surface area contributed by atoms with E-state index in [1.54, 1.807) is 43.3 Å². The van der Waals surface area contributed by atoms with Gasteiger partial charge in [-0.1, -0.05) is 42.5 Å². The highest BCUT2D eigenvalue weighted by Gasteiger charge is 2.16. The minimum Gasteiger partial charge on any atom is -0.489 e. The summed E-state index contributed by atoms with van der Waals surface area (Å²) in [4.78, 5) is 12.2. The molecule has 1 atom stereocenters. The first-order valence-electron chi connectivity index (χ1n) is 8.60. The molecule has 0 fully saturated rings. The summed E-state index contributed by atoms with van der Waals surface area (Å²) < 4.78 is 24.9. The average molecular weight is 365 g/mol. The van der Waals surface area contributed by atoms with E-state index in [2.05, 4.69) is 5.32 Å². The van der Waals surface area contributed by atoms with Gasteiger partial charge in [0.15, 0.2) is 6.10 Å². The molecule has 3 aromatic carbocycles. The third-order valence-electron chi connectivity index (χ3n) is 3.89. The highest BCUT2D eigenvalue weighted by Crippen LogP contribution is 2.20. The Labute approximate surface area is 157 Å². The molecule has 5 heteroatoms. The van der Waals surface area contributed by atoms with Crippen molar-refractivity contribution in [1.29, 1.82) is 0 Å². The summed E-state index contributed by atoms with van der Waals surface area (Å²) in [5.74, 6) is 0.315. The van der Waals surface area contributed by atoms with Crippen LogP contribution < -0.4 is 14.8 Å². The molecule has 0 aliphatic heterocycles. The van der Waals surface area contributed by atoms with E-state index < -0.39 is 17.8 Å². The molecule has 1 amide bonds. The number of para-hydroxylation sites is 1. The third kappa shape index (κ3) is 5.31. The van der Waals surface area contributed by atoms with Gasteiger partial charge in [0.25, 0.3) is 5.91 Å². The zero-order valence-corrected chi connectivity index (χ0v) is 14.9. The van der Waals surface area contributed by atoms with Crippen LogP contribution in [0.4, 0.5) is 10.1 Å². The van der Waals surface area contributed by atoms with E-state index in [0.717, 1.165) is 5.56 Å². The highest BCUT2D eigenvalue weighted by atomic mass is 19.1. The second-order valence-corrected chi connectivity index (χ2v) is 5.97. The van der Waals surface area contributed by atoms with Gasteiger partial charge < -0.3 is 14.8 Å². The number of ether oxygens (including phenoxy) is 2. The SMILES string of the molecule is C[C@H](Oc1ccc(OCc2ccccc2)cc1)C(=O)Nc1ccccc1F. The van der Waals surface area contributed by atoms with Crippen LogP contribution in [0.5, 0.6) is 11.5 Å². The number of benzene rings is 3. The van der Waals surface area contributed by atoms with Crippen LogP contribution in [-0.4, -0.2) is 12.0 Å². The molecule has 0 radical (unpaired) electrons. The second-order valence-electron chi connectivity index (χ2n) is 5.97. The fraction of sp³-hybridized carbons (Fsp3) is 0.136. The quantitative estimate of drug-likeness (QED) is 0.654. The Morgan fingerprint density at radius 1 is 0.926 bits per heavy atom. The number of carbonyl (C=O) groups is 1. The van der Waals surface area contributed by atoms with E-state index >= 15 is 0 Å². The van der Waals surface area contributed by atoms with Gasteiger partial charge in [-0.2, -0.15) is 0 Å². The maximum atomic E-state index is 13.6. The van der Waals surface area contributed by atoms with Crippen LogP contribution in [0.3, 0.4) is 0 Å². The molecule has 0 saturated heterocycles. The molecule has 0 unspecified atom stereocenters. The van der Waals surface area contributed by atoms with Gasteiger partial charge in [0, 0.05) is 0 Å². The molecule has 0 aliphatic carbocycles. The first-order chi connectivity index (χ1) is 13.1. The fourth-order valence-electron chi connectivity index (χ4n) is 2.41. The number of carbonyl (C=O) groups excluding carboxylic acids is 1. The molecule has 1 N–H and O–H groups in total. The lowest BCUT2D eigenvalue weighted by molar-refractivity contribution is -0.122. The van der Waals surface area contributed by atoms with Crippen molar-refractivity contribution < 1.29 is 18.7 Å². The van der Waals surface area contributed by atoms with Crippen molar-refractivity contribution in [2.75, 3.05) is 5.32 Å². The third-order valence-corrected chi connectivity index (χ3v) is 3.89. The fourth-order valence-corrected chi connectivity index (χ4v) is 2.41. The standard InChI is InChI=1S/C22H20FNO3/c1-16(22(25)24-21-10-6-5-9-20(21)23)27-19-13-11-18(12-14-19)26-15-17-7-3-2-4-8-17/h2-14,16H,15H2,1H3,(H,24,25)/t16-/m0/s1. The highest BCUT2D eigenvalue weighted by molar-refractivity contribution is 5.94. The van der Waals surface area contributed by atoms with Crippen molar-refractivity contribution in [1.82, 2.24) is 0 Å². The predicted octanol–water partition coefficient (Wildman–Crippen LogP) is 4.81. The molecule has 3 aromatic rings. The van der Waals surface area contributed by atoms with E-state index in [1.165, 1.54) is 12.1 Å². The van der Waals surface area contributed by atoms with E-state index in [-0.39, 0.29) is 5.69 Å². The molecule has 0 aliphatic rings. The van der Waals surface area contributed by atoms with Crippen LogP contribution in [-0.2, 0) is 11.4 Å². The zero-order chi connectivity index (χ0) is 19.1. The predicted molar refractivity (Wildman–Crippen MR) is 102 cm³/mol. The van der Waals surface area contributed by atoms with Gasteiger partial charge in [-0.25, -0.2) is 4.39 Å². The smallest absolute Gasteiger partial charge is 0.265 e. The molecular weight excluding hydrogens is 345 g/mol. The van der Waals surface area contributed by atoms with Crippen LogP contribution in [0, 0.1) is 5.82 Å². The lowest BCUT2D eigenvalue weighted by Crippen LogP contribution is -2.30. The van der Waals surface area contributed by atoms with Crippen molar-refractivity contribution in [3.63, 3.8) is 0 Å². The summed E-state index contributed by atoms with van der Waals surface area (Å²) in [7, 11) is 0. The van der Waals surface area contributed by atoms with Crippen molar-refractivity contribution in [3.05, 3.63) is 90.2 Å². The van der Waals surface area contributed by atoms with Gasteiger partial charge in [-0.15, -0.1) is 0 Å². The van der Waals surface area contributed by atoms with Crippen LogP contribution in [0.15, 0.2) is 78.9 Å². The van der Waals surface area contributed by atoms with E-state index in [1.807, 2.05) is 30.3 Å². The molecule has 0 spiro atoms. The van der Waals surface area contributed by atoms with Crippen molar-refractivity contribution >= 4 is 11.6 Å². The lowest BCUT2D eigenvalue weighted by atomic mass is 10.2. The Bertz CT molecular complexity index is 882. The number of amides is 1. The second kappa shape index (κ2) is 8.85. The van der Waals surface area contributed by atoms with Crippen molar-refractivity contribution in [3.8, 4) is 11.5 Å². The largest absolute Gasteiger partial charge is 0.489 e. The molecular formula is C22H20FNO3. The van der Waals surface area contributed by atoms with Gasteiger partial charge in [0.05, 0.1) is 5.69 Å². The topological polar surface area (TPSA) is 47.6 Å². The van der Waals surface area contributed by atoms with E-state index in [9.17, 15) is 9.18 Å². The van der Waals surface area contributed by atoms with Gasteiger partial charge in [0.1, 0.15) is 23.9 Å². The van der Waals surface area contributed by atoms with Gasteiger partial charge in [-0.3, -0.25) is 4.79 Å². The Kier molecular flexibility index (Phi) is 6.05. The minimum absolute atomic E-state index is 0.127. The summed E-state index contributed by atoms with van der Waals surface area (Å²) in [5, 5.41) is 2.52. The molecule has 0 saturated carbocycles. The Morgan fingerprint density at radius 3 is 2.26 bits per heavy atom. The van der Waals surface area contributed by atoms with Crippen LogP contribution in [0.1, 0.15) is 12.5 Å². The first-order valence-corrected chi connectivity index (χ1v) is 8.60. The van der Waals surface area contributed by atoms with E-state index in [4.69, 9.17) is 9.47 Å². The molecule has 0 aromatic heterocycles. The molecule has 0 bridgehead atoms. The molecule has 27 heavy (non-hydrogen) atoms. The molecule has 0 heterocycles. The summed E-state index contributed by atoms with van der Waals surface area (Å²) in [6.07, 6.45) is -0.777. The first kappa shape index (κ1) is 18.5. The Morgan fingerprint density at radius 2 is 1.56 bits per heavy atom. The Balaban J connectivity index is 1.52. The monoisotopic (exact) mass is 365 g/mol. The van der Waals surface area contributed by atoms with Gasteiger partial charge >= 0.3 is 0 Å². The van der Waals surface area contributed by atoms with Gasteiger partial charge in [0.2, 0.25) is 0 Å². The number of halogens is 1. The van der Waals surface area contributed by atoms with Crippen LogP contribution >= 0.6 is 0 Å². The van der Waals surface area contributed by atoms with Crippen molar-refractivity contribution in [2.45, 2.75) is 19.6 Å². The summed E-state index contributed by atoms with van der Waals surface area (Å²) in [5.41, 5.74) is 1.21. The van der Waals surface area contributed by atoms with Gasteiger partial charge in [-0.05, 0) is 48.9 Å². The number of nitrogens with one attached hydrogen (secondary N) is 1. The van der Waals surface area contributed by atoms with Crippen LogP contribution in [0.2, 0.25) is 0 Å². The van der Waals surface area contributed by atoms with Crippen molar-refractivity contribution in [2.24, 2.45) is 0 Å². The van der Waals surface area contributed by atoms with Crippen LogP contribution in [0.25, 0.3) is 0 Å². The number of rotatable bonds is 7. The Hall–Kier alpha value is -3.34. The number of anilines is 1. The maximum absolute atomic E-state index is 13.6. The maximum Gasteiger partial charge on any atom is 0.265 e. The normalized spacial score (nSPS) is 11.5. The molecule has 3 rings (SSSR count). The number of hydrogen-bond acceptors (Lipinski definition) is 3. The van der Waals surface area contributed by atoms with E-state index in [0.29, 0.717) is 18.1 Å². The molecule has 4 nitrogen and oxygen atoms in total.